The van der Waals surface area contributed by atoms with Gasteiger partial charge < -0.3 is 20.1 Å². The van der Waals surface area contributed by atoms with E-state index in [9.17, 15) is 9.59 Å². The number of rotatable bonds is 7. The van der Waals surface area contributed by atoms with E-state index >= 15 is 0 Å². The largest absolute Gasteiger partial charge is 0.496 e. The Balaban J connectivity index is 2.20. The number of likely N-dealkylation sites (tertiary alicyclic amines) is 1. The minimum absolute atomic E-state index is 0.0368. The van der Waals surface area contributed by atoms with Crippen LogP contribution in [0.2, 0.25) is 0 Å². The summed E-state index contributed by atoms with van der Waals surface area (Å²) in [7, 11) is 3.16. The van der Waals surface area contributed by atoms with Gasteiger partial charge in [0.25, 0.3) is 0 Å². The van der Waals surface area contributed by atoms with Crippen LogP contribution in [0.3, 0.4) is 0 Å². The second-order valence-electron chi connectivity index (χ2n) is 5.94. The molecular formula is C17H24N2O4. The van der Waals surface area contributed by atoms with Crippen molar-refractivity contribution in [1.29, 1.82) is 0 Å². The Hall–Kier alpha value is -2.08. The lowest BCUT2D eigenvalue weighted by Gasteiger charge is -2.37. The first-order chi connectivity index (χ1) is 11.0. The highest BCUT2D eigenvalue weighted by Crippen LogP contribution is 2.34. The van der Waals surface area contributed by atoms with Crippen molar-refractivity contribution in [2.24, 2.45) is 5.73 Å². The Morgan fingerprint density at radius 3 is 2.70 bits per heavy atom. The van der Waals surface area contributed by atoms with Gasteiger partial charge in [-0.15, -0.1) is 0 Å². The molecule has 6 heteroatoms. The second kappa shape index (κ2) is 7.46. The van der Waals surface area contributed by atoms with Gasteiger partial charge in [0.2, 0.25) is 11.8 Å². The fraction of sp³-hybridized carbons (Fsp3) is 0.529. The van der Waals surface area contributed by atoms with Crippen LogP contribution in [-0.2, 0) is 20.7 Å². The molecule has 126 valence electrons. The van der Waals surface area contributed by atoms with E-state index in [0.29, 0.717) is 18.9 Å². The van der Waals surface area contributed by atoms with Gasteiger partial charge in [-0.25, -0.2) is 0 Å². The molecule has 1 saturated heterocycles. The average Bonchev–Trinajstić information content (AvgIpc) is 2.90. The van der Waals surface area contributed by atoms with E-state index in [0.717, 1.165) is 18.4 Å². The van der Waals surface area contributed by atoms with Gasteiger partial charge in [0.15, 0.2) is 0 Å². The SMILES string of the molecule is COC[C@]1(CC(N)=O)CCCN1C(=O)Cc1ccccc1OC. The Morgan fingerprint density at radius 2 is 2.04 bits per heavy atom. The number of para-hydroxylation sites is 1. The molecule has 0 bridgehead atoms. The second-order valence-corrected chi connectivity index (χ2v) is 5.94. The number of hydrogen-bond donors (Lipinski definition) is 1. The molecule has 0 radical (unpaired) electrons. The van der Waals surface area contributed by atoms with Gasteiger partial charge in [-0.1, -0.05) is 18.2 Å². The molecule has 0 unspecified atom stereocenters. The third kappa shape index (κ3) is 3.82. The van der Waals surface area contributed by atoms with E-state index in [1.165, 1.54) is 0 Å². The number of nitrogens with two attached hydrogens (primary N) is 1. The van der Waals surface area contributed by atoms with E-state index in [1.807, 2.05) is 24.3 Å². The van der Waals surface area contributed by atoms with Crippen LogP contribution in [0.15, 0.2) is 24.3 Å². The first-order valence-electron chi connectivity index (χ1n) is 7.72. The first-order valence-corrected chi connectivity index (χ1v) is 7.72. The summed E-state index contributed by atoms with van der Waals surface area (Å²) in [6, 6.07) is 7.45. The maximum absolute atomic E-state index is 12.8. The van der Waals surface area contributed by atoms with E-state index in [1.54, 1.807) is 19.1 Å². The summed E-state index contributed by atoms with van der Waals surface area (Å²) in [6.07, 6.45) is 1.92. The number of hydrogen-bond acceptors (Lipinski definition) is 4. The van der Waals surface area contributed by atoms with Crippen molar-refractivity contribution in [2.75, 3.05) is 27.4 Å². The Labute approximate surface area is 136 Å². The van der Waals surface area contributed by atoms with Crippen LogP contribution in [0.5, 0.6) is 5.75 Å². The molecule has 2 N–H and O–H groups in total. The summed E-state index contributed by atoms with van der Waals surface area (Å²) in [5.74, 6) is 0.233. The average molecular weight is 320 g/mol. The van der Waals surface area contributed by atoms with Crippen LogP contribution < -0.4 is 10.5 Å². The number of amides is 2. The van der Waals surface area contributed by atoms with Gasteiger partial charge in [0.1, 0.15) is 5.75 Å². The molecule has 2 rings (SSSR count). The van der Waals surface area contributed by atoms with E-state index in [-0.39, 0.29) is 18.7 Å². The molecule has 1 aliphatic heterocycles. The van der Waals surface area contributed by atoms with E-state index < -0.39 is 11.4 Å². The van der Waals surface area contributed by atoms with Crippen LogP contribution in [0.1, 0.15) is 24.8 Å². The van der Waals surface area contributed by atoms with Gasteiger partial charge >= 0.3 is 0 Å². The van der Waals surface area contributed by atoms with E-state index in [2.05, 4.69) is 0 Å². The lowest BCUT2D eigenvalue weighted by molar-refractivity contribution is -0.138. The van der Waals surface area contributed by atoms with Crippen molar-refractivity contribution in [3.05, 3.63) is 29.8 Å². The summed E-state index contributed by atoms with van der Waals surface area (Å²) in [6.45, 7) is 0.929. The van der Waals surface area contributed by atoms with Crippen molar-refractivity contribution < 1.29 is 19.1 Å². The summed E-state index contributed by atoms with van der Waals surface area (Å²) in [5, 5.41) is 0. The molecule has 0 saturated carbocycles. The Bertz CT molecular complexity index is 575. The summed E-state index contributed by atoms with van der Waals surface area (Å²) >= 11 is 0. The summed E-state index contributed by atoms with van der Waals surface area (Å²) in [4.78, 5) is 26.0. The number of primary amides is 1. The van der Waals surface area contributed by atoms with Crippen LogP contribution in [-0.4, -0.2) is 49.6 Å². The van der Waals surface area contributed by atoms with E-state index in [4.69, 9.17) is 15.2 Å². The minimum Gasteiger partial charge on any atom is -0.496 e. The van der Waals surface area contributed by atoms with Gasteiger partial charge in [-0.3, -0.25) is 9.59 Å². The number of carbonyl (C=O) groups excluding carboxylic acids is 2. The zero-order valence-corrected chi connectivity index (χ0v) is 13.7. The molecule has 6 nitrogen and oxygen atoms in total. The fourth-order valence-corrected chi connectivity index (χ4v) is 3.41. The summed E-state index contributed by atoms with van der Waals surface area (Å²) in [5.41, 5.74) is 5.60. The molecule has 23 heavy (non-hydrogen) atoms. The molecular weight excluding hydrogens is 296 g/mol. The van der Waals surface area contributed by atoms with Crippen molar-refractivity contribution in [2.45, 2.75) is 31.2 Å². The predicted molar refractivity (Wildman–Crippen MR) is 86.1 cm³/mol. The molecule has 1 atom stereocenters. The lowest BCUT2D eigenvalue weighted by atomic mass is 9.92. The zero-order chi connectivity index (χ0) is 16.9. The van der Waals surface area contributed by atoms with Crippen molar-refractivity contribution in [3.8, 4) is 5.75 Å². The van der Waals surface area contributed by atoms with Crippen LogP contribution in [0.25, 0.3) is 0 Å². The van der Waals surface area contributed by atoms with Gasteiger partial charge in [0.05, 0.1) is 32.1 Å². The first kappa shape index (κ1) is 17.3. The number of carbonyl (C=O) groups is 2. The highest BCUT2D eigenvalue weighted by atomic mass is 16.5. The topological polar surface area (TPSA) is 81.9 Å². The molecule has 1 aromatic rings. The predicted octanol–water partition coefficient (Wildman–Crippen LogP) is 1.12. The number of benzene rings is 1. The molecule has 1 aliphatic rings. The van der Waals surface area contributed by atoms with Gasteiger partial charge in [0, 0.05) is 19.2 Å². The third-order valence-electron chi connectivity index (χ3n) is 4.35. The normalized spacial score (nSPS) is 20.5. The zero-order valence-electron chi connectivity index (χ0n) is 13.7. The lowest BCUT2D eigenvalue weighted by Crippen LogP contribution is -2.53. The quantitative estimate of drug-likeness (QED) is 0.816. The maximum Gasteiger partial charge on any atom is 0.227 e. The van der Waals surface area contributed by atoms with Crippen LogP contribution in [0, 0.1) is 0 Å². The number of nitrogens with zero attached hydrogens (tertiary/aromatic N) is 1. The van der Waals surface area contributed by atoms with Crippen LogP contribution >= 0.6 is 0 Å². The van der Waals surface area contributed by atoms with Crippen molar-refractivity contribution in [3.63, 3.8) is 0 Å². The Kier molecular flexibility index (Phi) is 5.60. The Morgan fingerprint density at radius 1 is 1.30 bits per heavy atom. The van der Waals surface area contributed by atoms with Crippen LogP contribution in [0.4, 0.5) is 0 Å². The van der Waals surface area contributed by atoms with Crippen molar-refractivity contribution in [1.82, 2.24) is 4.90 Å². The highest BCUT2D eigenvalue weighted by molar-refractivity contribution is 5.82. The summed E-state index contributed by atoms with van der Waals surface area (Å²) < 4.78 is 10.6. The van der Waals surface area contributed by atoms with Gasteiger partial charge in [-0.2, -0.15) is 0 Å². The minimum atomic E-state index is -0.625. The molecule has 0 aliphatic carbocycles. The number of ether oxygens (including phenoxy) is 2. The highest BCUT2D eigenvalue weighted by Gasteiger charge is 2.44. The van der Waals surface area contributed by atoms with Crippen molar-refractivity contribution >= 4 is 11.8 Å². The smallest absolute Gasteiger partial charge is 0.227 e. The maximum atomic E-state index is 12.8. The third-order valence-corrected chi connectivity index (χ3v) is 4.35. The standard InChI is InChI=1S/C17H24N2O4/c1-22-12-17(11-15(18)20)8-5-9-19(17)16(21)10-13-6-3-4-7-14(13)23-2/h3-4,6-7H,5,8-12H2,1-2H3,(H2,18,20)/t17-/m1/s1. The fourth-order valence-electron chi connectivity index (χ4n) is 3.41. The molecule has 0 aromatic heterocycles. The molecule has 1 fully saturated rings. The molecule has 1 aromatic carbocycles. The molecule has 2 amide bonds. The monoisotopic (exact) mass is 320 g/mol. The molecule has 0 spiro atoms. The molecule has 1 heterocycles. The number of methoxy groups -OCH3 is 2. The van der Waals surface area contributed by atoms with Gasteiger partial charge in [-0.05, 0) is 18.9 Å².